The maximum Gasteiger partial charge on any atom is 0.573 e. The van der Waals surface area contributed by atoms with Crippen LogP contribution in [-0.2, 0) is 16.1 Å². The number of nitrogens with one attached hydrogen (secondary N) is 1. The van der Waals surface area contributed by atoms with Gasteiger partial charge in [-0.2, -0.15) is 0 Å². The fourth-order valence-electron chi connectivity index (χ4n) is 2.82. The summed E-state index contributed by atoms with van der Waals surface area (Å²) in [5.41, 5.74) is 6.26. The van der Waals surface area contributed by atoms with Gasteiger partial charge in [0.1, 0.15) is 22.9 Å². The third kappa shape index (κ3) is 7.49. The number of ether oxygens (including phenoxy) is 2. The molecule has 3 aromatic rings. The van der Waals surface area contributed by atoms with E-state index < -0.39 is 18.0 Å². The summed E-state index contributed by atoms with van der Waals surface area (Å²) in [7, 11) is 1.76. The number of hydrogen-bond acceptors (Lipinski definition) is 6. The monoisotopic (exact) mass is 466 g/mol. The zero-order valence-electron chi connectivity index (χ0n) is 18.6. The summed E-state index contributed by atoms with van der Waals surface area (Å²) in [5.74, 6) is -0.752. The molecule has 2 aromatic heterocycles. The van der Waals surface area contributed by atoms with Crippen molar-refractivity contribution in [3.05, 3.63) is 53.9 Å². The third-order valence-corrected chi connectivity index (χ3v) is 4.04. The van der Waals surface area contributed by atoms with E-state index in [1.165, 1.54) is 28.8 Å². The lowest BCUT2D eigenvalue weighted by Gasteiger charge is -2.14. The Bertz CT molecular complexity index is 1120. The van der Waals surface area contributed by atoms with E-state index in [4.69, 9.17) is 5.73 Å². The number of carbonyl (C=O) groups excluding carboxylic acids is 2. The fourth-order valence-corrected chi connectivity index (χ4v) is 2.82. The molecule has 0 unspecified atom stereocenters. The number of pyridine rings is 1. The van der Waals surface area contributed by atoms with Crippen molar-refractivity contribution >= 4 is 23.3 Å². The Morgan fingerprint density at radius 3 is 2.39 bits per heavy atom. The normalized spacial score (nSPS) is 11.5. The highest BCUT2D eigenvalue weighted by Gasteiger charge is 2.31. The van der Waals surface area contributed by atoms with Gasteiger partial charge in [-0.05, 0) is 58.2 Å². The van der Waals surface area contributed by atoms with Crippen LogP contribution < -0.4 is 15.8 Å². The van der Waals surface area contributed by atoms with Crippen molar-refractivity contribution in [1.82, 2.24) is 14.9 Å². The van der Waals surface area contributed by atoms with Crippen LogP contribution in [-0.4, -0.2) is 40.9 Å². The average Bonchev–Trinajstić information content (AvgIpc) is 3.06. The fraction of sp³-hybridized carbons (Fsp3) is 0.318. The van der Waals surface area contributed by atoms with Crippen molar-refractivity contribution in [3.8, 4) is 11.6 Å². The number of primary amides is 1. The maximum absolute atomic E-state index is 12.5. The number of nitrogens with two attached hydrogens (primary N) is 1. The molecule has 0 atom stereocenters. The van der Waals surface area contributed by atoms with Gasteiger partial charge in [0.25, 0.3) is 12.4 Å². The minimum Gasteiger partial charge on any atom is -0.462 e. The molecule has 0 radical (unpaired) electrons. The molecule has 11 heteroatoms. The van der Waals surface area contributed by atoms with Crippen LogP contribution in [0.1, 0.15) is 37.0 Å². The molecule has 0 spiro atoms. The first-order chi connectivity index (χ1) is 15.3. The molecule has 3 N–H and O–H groups in total. The minimum absolute atomic E-state index is 0.110. The molecule has 0 saturated heterocycles. The number of alkyl halides is 3. The number of aromatic nitrogens is 2. The van der Waals surface area contributed by atoms with E-state index in [-0.39, 0.29) is 11.3 Å². The van der Waals surface area contributed by atoms with Crippen molar-refractivity contribution < 1.29 is 32.2 Å². The van der Waals surface area contributed by atoms with Crippen molar-refractivity contribution in [2.24, 2.45) is 5.73 Å². The van der Waals surface area contributed by atoms with Crippen LogP contribution in [0.4, 0.5) is 13.2 Å². The van der Waals surface area contributed by atoms with Crippen molar-refractivity contribution in [2.45, 2.75) is 39.3 Å². The number of nitrogens with zero attached hydrogens (tertiary/aromatic N) is 2. The predicted octanol–water partition coefficient (Wildman–Crippen LogP) is 3.70. The zero-order chi connectivity index (χ0) is 24.8. The zero-order valence-corrected chi connectivity index (χ0v) is 18.6. The summed E-state index contributed by atoms with van der Waals surface area (Å²) >= 11 is 0. The van der Waals surface area contributed by atoms with Gasteiger partial charge in [-0.15, -0.1) is 13.2 Å². The second-order valence-electron chi connectivity index (χ2n) is 7.84. The maximum atomic E-state index is 12.5. The van der Waals surface area contributed by atoms with Gasteiger partial charge in [0.05, 0.1) is 11.2 Å². The Hall–Kier alpha value is -3.60. The molecule has 1 aromatic carbocycles. The van der Waals surface area contributed by atoms with Gasteiger partial charge < -0.3 is 20.5 Å². The van der Waals surface area contributed by atoms with E-state index in [1.807, 2.05) is 20.8 Å². The molecule has 0 aliphatic rings. The highest BCUT2D eigenvalue weighted by molar-refractivity contribution is 5.99. The minimum atomic E-state index is -4.82. The van der Waals surface area contributed by atoms with Gasteiger partial charge >= 0.3 is 6.36 Å². The summed E-state index contributed by atoms with van der Waals surface area (Å²) in [6.45, 7) is 6.41. The Kier molecular flexibility index (Phi) is 8.04. The molecule has 0 aliphatic carbocycles. The lowest BCUT2D eigenvalue weighted by Crippen LogP contribution is -2.18. The topological polar surface area (TPSA) is 108 Å². The number of hydrogen-bond donors (Lipinski definition) is 2. The first-order valence-electron chi connectivity index (χ1n) is 9.78. The highest BCUT2D eigenvalue weighted by Crippen LogP contribution is 2.30. The van der Waals surface area contributed by atoms with E-state index >= 15 is 0 Å². The molecule has 1 amide bonds. The molecule has 3 rings (SSSR count). The first kappa shape index (κ1) is 25.7. The van der Waals surface area contributed by atoms with Crippen LogP contribution in [0, 0.1) is 0 Å². The molecule has 2 heterocycles. The summed E-state index contributed by atoms with van der Waals surface area (Å²) in [5, 5.41) is 3.49. The Labute approximate surface area is 188 Å². The number of rotatable bonds is 6. The van der Waals surface area contributed by atoms with E-state index in [0.29, 0.717) is 35.4 Å². The van der Waals surface area contributed by atoms with Crippen LogP contribution in [0.25, 0.3) is 16.7 Å². The smallest absolute Gasteiger partial charge is 0.462 e. The van der Waals surface area contributed by atoms with E-state index in [2.05, 4.69) is 19.8 Å². The van der Waals surface area contributed by atoms with Gasteiger partial charge in [-0.1, -0.05) is 6.07 Å². The van der Waals surface area contributed by atoms with Crippen LogP contribution in [0.5, 0.6) is 5.75 Å². The van der Waals surface area contributed by atoms with Crippen molar-refractivity contribution in [2.75, 3.05) is 7.05 Å². The highest BCUT2D eigenvalue weighted by atomic mass is 19.4. The SMILES string of the molecule is CC(C)(C)OC=O.CNCc1cccc(-n2c(C(N)=O)cc3ccc(OC(F)(F)F)cc32)n1. The number of amides is 1. The van der Waals surface area contributed by atoms with Crippen LogP contribution in [0.2, 0.25) is 0 Å². The molecule has 8 nitrogen and oxygen atoms in total. The summed E-state index contributed by atoms with van der Waals surface area (Å²) < 4.78 is 47.5. The van der Waals surface area contributed by atoms with Gasteiger partial charge in [0, 0.05) is 18.0 Å². The van der Waals surface area contributed by atoms with Gasteiger partial charge in [0.15, 0.2) is 0 Å². The van der Waals surface area contributed by atoms with Crippen molar-refractivity contribution in [1.29, 1.82) is 0 Å². The predicted molar refractivity (Wildman–Crippen MR) is 116 cm³/mol. The molecule has 0 aliphatic heterocycles. The number of benzene rings is 1. The Morgan fingerprint density at radius 1 is 1.18 bits per heavy atom. The van der Waals surface area contributed by atoms with Crippen LogP contribution >= 0.6 is 0 Å². The molecule has 0 fully saturated rings. The van der Waals surface area contributed by atoms with Crippen molar-refractivity contribution in [3.63, 3.8) is 0 Å². The lowest BCUT2D eigenvalue weighted by atomic mass is 10.2. The Morgan fingerprint density at radius 2 is 1.88 bits per heavy atom. The summed E-state index contributed by atoms with van der Waals surface area (Å²) in [6, 6.07) is 10.5. The molecule has 33 heavy (non-hydrogen) atoms. The number of fused-ring (bicyclic) bond motifs is 1. The second-order valence-corrected chi connectivity index (χ2v) is 7.84. The van der Waals surface area contributed by atoms with E-state index in [0.717, 1.165) is 0 Å². The number of halogens is 3. The lowest BCUT2D eigenvalue weighted by molar-refractivity contribution is -0.274. The third-order valence-electron chi connectivity index (χ3n) is 4.04. The van der Waals surface area contributed by atoms with Crippen LogP contribution in [0.15, 0.2) is 42.5 Å². The molecular weight excluding hydrogens is 441 g/mol. The molecule has 0 saturated carbocycles. The van der Waals surface area contributed by atoms with E-state index in [9.17, 15) is 22.8 Å². The molecule has 178 valence electrons. The Balaban J connectivity index is 0.000000479. The van der Waals surface area contributed by atoms with Crippen LogP contribution in [0.3, 0.4) is 0 Å². The van der Waals surface area contributed by atoms with Gasteiger partial charge in [0.2, 0.25) is 0 Å². The average molecular weight is 466 g/mol. The quantitative estimate of drug-likeness (QED) is 0.537. The molecular formula is C22H25F3N4O4. The second kappa shape index (κ2) is 10.3. The first-order valence-corrected chi connectivity index (χ1v) is 9.78. The largest absolute Gasteiger partial charge is 0.573 e. The summed E-state index contributed by atoms with van der Waals surface area (Å²) in [4.78, 5) is 25.9. The van der Waals surface area contributed by atoms with E-state index in [1.54, 1.807) is 25.2 Å². The standard InChI is InChI=1S/C17H15F3N4O2.C5H10O2/c1-22-9-11-3-2-4-15(23-11)24-13-8-12(26-17(18,19)20)6-5-10(13)7-14(24)16(21)25;1-5(2,3)7-4-6/h2-8,22H,9H2,1H3,(H2,21,25);4H,1-3H3. The van der Waals surface area contributed by atoms with Gasteiger partial charge in [-0.3, -0.25) is 14.2 Å². The summed E-state index contributed by atoms with van der Waals surface area (Å²) in [6.07, 6.45) is -4.82. The molecule has 0 bridgehead atoms. The number of carbonyl (C=O) groups is 2. The van der Waals surface area contributed by atoms with Gasteiger partial charge in [-0.25, -0.2) is 4.98 Å².